The van der Waals surface area contributed by atoms with Gasteiger partial charge in [-0.05, 0) is 49.6 Å². The van der Waals surface area contributed by atoms with Crippen molar-refractivity contribution in [1.29, 1.82) is 0 Å². The van der Waals surface area contributed by atoms with Gasteiger partial charge in [0, 0.05) is 6.20 Å². The summed E-state index contributed by atoms with van der Waals surface area (Å²) in [7, 11) is -3.12. The first-order valence-electron chi connectivity index (χ1n) is 10.0. The van der Waals surface area contributed by atoms with Crippen LogP contribution >= 0.6 is 0 Å². The van der Waals surface area contributed by atoms with E-state index in [0.29, 0.717) is 11.4 Å². The number of aryl methyl sites for hydroxylation is 1. The van der Waals surface area contributed by atoms with Crippen LogP contribution in [0, 0.1) is 6.92 Å². The van der Waals surface area contributed by atoms with Crippen LogP contribution in [-0.2, 0) is 22.6 Å². The van der Waals surface area contributed by atoms with Crippen molar-refractivity contribution < 1.29 is 26.7 Å². The van der Waals surface area contributed by atoms with Gasteiger partial charge in [-0.15, -0.1) is 5.10 Å². The molecule has 33 heavy (non-hydrogen) atoms. The van der Waals surface area contributed by atoms with E-state index in [1.54, 1.807) is 25.3 Å². The highest BCUT2D eigenvalue weighted by molar-refractivity contribution is 7.91. The third-order valence-electron chi connectivity index (χ3n) is 5.33. The average molecular weight is 482 g/mol. The topological polar surface area (TPSA) is 123 Å². The number of pyridine rings is 2. The fourth-order valence-electron chi connectivity index (χ4n) is 3.54. The minimum atomic E-state index is -4.49. The molecule has 1 aliphatic heterocycles. The van der Waals surface area contributed by atoms with Crippen molar-refractivity contribution in [3.05, 3.63) is 47.8 Å². The molecule has 176 valence electrons. The van der Waals surface area contributed by atoms with Gasteiger partial charge in [-0.1, -0.05) is 5.21 Å². The van der Waals surface area contributed by atoms with Gasteiger partial charge in [0.25, 0.3) is 0 Å². The molecule has 3 aromatic heterocycles. The van der Waals surface area contributed by atoms with E-state index in [-0.39, 0.29) is 42.5 Å². The van der Waals surface area contributed by atoms with Gasteiger partial charge in [0.1, 0.15) is 17.3 Å². The Hall–Kier alpha value is -3.06. The first-order valence-corrected chi connectivity index (χ1v) is 11.9. The van der Waals surface area contributed by atoms with E-state index < -0.39 is 27.2 Å². The van der Waals surface area contributed by atoms with E-state index in [1.165, 1.54) is 4.68 Å². The van der Waals surface area contributed by atoms with E-state index in [2.05, 4.69) is 25.6 Å². The highest BCUT2D eigenvalue weighted by atomic mass is 32.2. The number of anilines is 2. The predicted octanol–water partition coefficient (Wildman–Crippen LogP) is 2.75. The fourth-order valence-corrected chi connectivity index (χ4v) is 5.13. The molecule has 2 N–H and O–H groups in total. The van der Waals surface area contributed by atoms with Gasteiger partial charge in [0.15, 0.2) is 9.84 Å². The van der Waals surface area contributed by atoms with Crippen molar-refractivity contribution in [2.45, 2.75) is 38.1 Å². The van der Waals surface area contributed by atoms with Crippen LogP contribution in [0.1, 0.15) is 24.0 Å². The van der Waals surface area contributed by atoms with Crippen molar-refractivity contribution in [3.63, 3.8) is 0 Å². The van der Waals surface area contributed by atoms with Crippen LogP contribution in [-0.4, -0.2) is 55.6 Å². The van der Waals surface area contributed by atoms with Crippen molar-refractivity contribution in [3.8, 4) is 11.4 Å². The third kappa shape index (κ3) is 5.66. The van der Waals surface area contributed by atoms with Crippen molar-refractivity contribution in [2.75, 3.05) is 16.8 Å². The first kappa shape index (κ1) is 23.1. The van der Waals surface area contributed by atoms with Crippen LogP contribution in [0.15, 0.2) is 36.7 Å². The van der Waals surface area contributed by atoms with E-state index in [4.69, 9.17) is 0 Å². The lowest BCUT2D eigenvalue weighted by Crippen LogP contribution is -2.42. The number of sulfone groups is 1. The zero-order chi connectivity index (χ0) is 23.9. The molecule has 0 saturated carbocycles. The zero-order valence-corrected chi connectivity index (χ0v) is 18.4. The molecule has 9 nitrogen and oxygen atoms in total. The number of aliphatic hydroxyl groups is 1. The molecule has 0 amide bonds. The van der Waals surface area contributed by atoms with Crippen LogP contribution in [0.2, 0.25) is 0 Å². The SMILES string of the molecule is Cc1cc(Nc2cc(C(F)(F)F)ccn2)nc(-c2cn(CC3(O)CCS(=O)(=O)CC3)nn2)c1. The Kier molecular flexibility index (Phi) is 5.86. The molecule has 4 heterocycles. The second kappa shape index (κ2) is 8.37. The maximum Gasteiger partial charge on any atom is 0.416 e. The largest absolute Gasteiger partial charge is 0.416 e. The highest BCUT2D eigenvalue weighted by Crippen LogP contribution is 2.31. The summed E-state index contributed by atoms with van der Waals surface area (Å²) in [5, 5.41) is 21.6. The maximum absolute atomic E-state index is 13.0. The average Bonchev–Trinajstić information content (AvgIpc) is 3.18. The Morgan fingerprint density at radius 3 is 2.58 bits per heavy atom. The normalized spacial score (nSPS) is 17.6. The summed E-state index contributed by atoms with van der Waals surface area (Å²) in [6, 6.07) is 5.17. The number of rotatable bonds is 5. The molecule has 1 saturated heterocycles. The van der Waals surface area contributed by atoms with E-state index in [1.807, 2.05) is 0 Å². The Morgan fingerprint density at radius 2 is 1.88 bits per heavy atom. The number of halogens is 3. The van der Waals surface area contributed by atoms with Crippen molar-refractivity contribution in [2.24, 2.45) is 0 Å². The van der Waals surface area contributed by atoms with Gasteiger partial charge in [0.05, 0.1) is 41.1 Å². The Morgan fingerprint density at radius 1 is 1.15 bits per heavy atom. The van der Waals surface area contributed by atoms with E-state index in [0.717, 1.165) is 23.9 Å². The van der Waals surface area contributed by atoms with Gasteiger partial charge < -0.3 is 10.4 Å². The van der Waals surface area contributed by atoms with Crippen molar-refractivity contribution >= 4 is 21.5 Å². The molecule has 0 radical (unpaired) electrons. The van der Waals surface area contributed by atoms with Gasteiger partial charge >= 0.3 is 6.18 Å². The molecule has 0 aliphatic carbocycles. The molecule has 0 aromatic carbocycles. The smallest absolute Gasteiger partial charge is 0.388 e. The second-order valence-corrected chi connectivity index (χ2v) is 10.4. The minimum Gasteiger partial charge on any atom is -0.388 e. The maximum atomic E-state index is 13.0. The molecular weight excluding hydrogens is 461 g/mol. The first-order chi connectivity index (χ1) is 15.4. The summed E-state index contributed by atoms with van der Waals surface area (Å²) in [6.45, 7) is 1.88. The number of hydrogen-bond donors (Lipinski definition) is 2. The Labute approximate surface area is 187 Å². The number of hydrogen-bond acceptors (Lipinski definition) is 8. The summed E-state index contributed by atoms with van der Waals surface area (Å²) >= 11 is 0. The van der Waals surface area contributed by atoms with Crippen LogP contribution in [0.4, 0.5) is 24.8 Å². The van der Waals surface area contributed by atoms with Crippen LogP contribution in [0.3, 0.4) is 0 Å². The van der Waals surface area contributed by atoms with Gasteiger partial charge in [-0.2, -0.15) is 13.2 Å². The Bertz CT molecular complexity index is 1260. The number of aromatic nitrogens is 5. The highest BCUT2D eigenvalue weighted by Gasteiger charge is 2.36. The molecule has 0 atom stereocenters. The Balaban J connectivity index is 1.52. The van der Waals surface area contributed by atoms with Gasteiger partial charge in [0.2, 0.25) is 0 Å². The summed E-state index contributed by atoms with van der Waals surface area (Å²) in [4.78, 5) is 8.31. The molecule has 0 unspecified atom stereocenters. The third-order valence-corrected chi connectivity index (χ3v) is 6.98. The zero-order valence-electron chi connectivity index (χ0n) is 17.5. The number of alkyl halides is 3. The summed E-state index contributed by atoms with van der Waals surface area (Å²) in [6.07, 6.45) is -1.62. The number of nitrogens with one attached hydrogen (secondary N) is 1. The molecule has 1 aliphatic rings. The molecular formula is C20H21F3N6O3S. The lowest BCUT2D eigenvalue weighted by molar-refractivity contribution is -0.137. The lowest BCUT2D eigenvalue weighted by Gasteiger charge is -2.31. The van der Waals surface area contributed by atoms with Crippen LogP contribution < -0.4 is 5.32 Å². The number of nitrogens with zero attached hydrogens (tertiary/aromatic N) is 5. The molecule has 0 spiro atoms. The fraction of sp³-hybridized carbons (Fsp3) is 0.400. The minimum absolute atomic E-state index is 0.00741. The van der Waals surface area contributed by atoms with E-state index in [9.17, 15) is 26.7 Å². The molecule has 13 heteroatoms. The summed E-state index contributed by atoms with van der Waals surface area (Å²) in [5.41, 5.74) is -0.429. The quantitative estimate of drug-likeness (QED) is 0.569. The molecule has 1 fully saturated rings. The molecule has 3 aromatic rings. The molecule has 4 rings (SSSR count). The summed E-state index contributed by atoms with van der Waals surface area (Å²) < 4.78 is 63.5. The lowest BCUT2D eigenvalue weighted by atomic mass is 9.97. The molecule has 0 bridgehead atoms. The van der Waals surface area contributed by atoms with Crippen LogP contribution in [0.25, 0.3) is 11.4 Å². The standard InChI is InChI=1S/C20H21F3N6O3S/c1-13-8-15(25-18(9-13)26-17-10-14(2-5-24-17)20(21,22)23)16-11-29(28-27-16)12-19(30)3-6-33(31,32)7-4-19/h2,5,8-11,30H,3-4,6-7,12H2,1H3,(H,24,25,26). The van der Waals surface area contributed by atoms with Crippen LogP contribution in [0.5, 0.6) is 0 Å². The van der Waals surface area contributed by atoms with E-state index >= 15 is 0 Å². The second-order valence-electron chi connectivity index (χ2n) is 8.15. The van der Waals surface area contributed by atoms with Gasteiger partial charge in [-0.3, -0.25) is 0 Å². The summed E-state index contributed by atoms with van der Waals surface area (Å²) in [5.74, 6) is 0.112. The van der Waals surface area contributed by atoms with Crippen molar-refractivity contribution in [1.82, 2.24) is 25.0 Å². The predicted molar refractivity (Wildman–Crippen MR) is 113 cm³/mol. The van der Waals surface area contributed by atoms with Gasteiger partial charge in [-0.25, -0.2) is 23.1 Å². The monoisotopic (exact) mass is 482 g/mol.